The van der Waals surface area contributed by atoms with Crippen molar-refractivity contribution in [3.63, 3.8) is 0 Å². The highest BCUT2D eigenvalue weighted by Crippen LogP contribution is 2.10. The summed E-state index contributed by atoms with van der Waals surface area (Å²) in [6.07, 6.45) is -4.60. The molecule has 1 N–H and O–H groups in total. The highest BCUT2D eigenvalue weighted by Gasteiger charge is 2.30. The summed E-state index contributed by atoms with van der Waals surface area (Å²) < 4.78 is 34.0. The van der Waals surface area contributed by atoms with Gasteiger partial charge in [0.1, 0.15) is 0 Å². The zero-order valence-corrected chi connectivity index (χ0v) is 5.62. The number of alkyl halides is 3. The molecule has 68 valence electrons. The molecule has 0 heterocycles. The molecule has 0 unspecified atom stereocenters. The maximum atomic E-state index is 11.3. The third-order valence-corrected chi connectivity index (χ3v) is 0.789. The first kappa shape index (κ1) is 12.9. The average Bonchev–Trinajstić information content (AvgIpc) is 1.60. The minimum absolute atomic E-state index is 0. The van der Waals surface area contributed by atoms with Crippen LogP contribution in [0.2, 0.25) is 0 Å². The fourth-order valence-electron chi connectivity index (χ4n) is 0.284. The van der Waals surface area contributed by atoms with Crippen molar-refractivity contribution in [2.75, 3.05) is 0 Å². The highest BCUT2D eigenvalue weighted by atomic mass is 19.4. The Morgan fingerprint density at radius 2 is 1.73 bits per heavy atom. The summed E-state index contributed by atoms with van der Waals surface area (Å²) in [4.78, 5) is 10.3. The molecule has 0 bridgehead atoms. The molecular formula is C6H12F3NO. The van der Waals surface area contributed by atoms with Crippen LogP contribution in [0, 0.1) is 5.92 Å². The van der Waals surface area contributed by atoms with E-state index < -0.39 is 18.1 Å². The Balaban J connectivity index is 0. The van der Waals surface area contributed by atoms with E-state index in [0.29, 0.717) is 0 Å². The largest absolute Gasteiger partial charge is 0.484 e. The van der Waals surface area contributed by atoms with E-state index in [0.717, 1.165) is 5.32 Å². The number of amides is 1. The van der Waals surface area contributed by atoms with Gasteiger partial charge in [0.15, 0.2) is 0 Å². The van der Waals surface area contributed by atoms with E-state index in [-0.39, 0.29) is 7.43 Å². The van der Waals surface area contributed by atoms with Gasteiger partial charge in [-0.15, -0.1) is 0 Å². The average molecular weight is 171 g/mol. The molecule has 2 nitrogen and oxygen atoms in total. The van der Waals surface area contributed by atoms with Crippen molar-refractivity contribution in [3.8, 4) is 0 Å². The summed E-state index contributed by atoms with van der Waals surface area (Å²) in [6, 6.07) is 0. The molecule has 1 amide bonds. The van der Waals surface area contributed by atoms with E-state index in [1.807, 2.05) is 0 Å². The van der Waals surface area contributed by atoms with Gasteiger partial charge in [0.2, 0.25) is 5.91 Å². The number of hydrogen-bond donors (Lipinski definition) is 1. The van der Waals surface area contributed by atoms with Gasteiger partial charge >= 0.3 is 6.30 Å². The van der Waals surface area contributed by atoms with E-state index in [4.69, 9.17) is 0 Å². The zero-order chi connectivity index (χ0) is 8.36. The number of halogens is 3. The summed E-state index contributed by atoms with van der Waals surface area (Å²) in [6.45, 7) is 2.78. The molecule has 0 aromatic carbocycles. The van der Waals surface area contributed by atoms with Gasteiger partial charge in [0, 0.05) is 5.92 Å². The molecule has 0 saturated carbocycles. The minimum atomic E-state index is -4.60. The summed E-state index contributed by atoms with van der Waals surface area (Å²) in [5, 5.41) is 0.880. The van der Waals surface area contributed by atoms with Crippen molar-refractivity contribution in [3.05, 3.63) is 0 Å². The smallest absolute Gasteiger partial charge is 0.275 e. The summed E-state index contributed by atoms with van der Waals surface area (Å²) in [5.41, 5.74) is 0. The Labute approximate surface area is 63.8 Å². The van der Waals surface area contributed by atoms with Crippen LogP contribution in [0.25, 0.3) is 0 Å². The quantitative estimate of drug-likeness (QED) is 0.600. The number of rotatable bonds is 1. The molecule has 0 spiro atoms. The standard InChI is InChI=1S/C5H8F3NO.CH4/c1-3(2)4(10)9-5(6,7)8;/h3H,1-2H3,(H,9,10);1H4. The van der Waals surface area contributed by atoms with Crippen molar-refractivity contribution in [1.29, 1.82) is 0 Å². The molecule has 0 rings (SSSR count). The van der Waals surface area contributed by atoms with Gasteiger partial charge in [0.05, 0.1) is 0 Å². The van der Waals surface area contributed by atoms with Gasteiger partial charge in [-0.2, -0.15) is 13.2 Å². The number of nitrogens with one attached hydrogen (secondary N) is 1. The lowest BCUT2D eigenvalue weighted by Crippen LogP contribution is -2.39. The second-order valence-corrected chi connectivity index (χ2v) is 2.14. The van der Waals surface area contributed by atoms with Crippen LogP contribution in [0.1, 0.15) is 21.3 Å². The van der Waals surface area contributed by atoms with Gasteiger partial charge in [-0.25, -0.2) is 0 Å². The molecule has 0 aliphatic carbocycles. The Kier molecular flexibility index (Phi) is 4.93. The van der Waals surface area contributed by atoms with Gasteiger partial charge in [-0.1, -0.05) is 21.3 Å². The molecule has 0 saturated heterocycles. The van der Waals surface area contributed by atoms with E-state index in [9.17, 15) is 18.0 Å². The molecule has 0 fully saturated rings. The number of hydrogen-bond acceptors (Lipinski definition) is 1. The summed E-state index contributed by atoms with van der Waals surface area (Å²) >= 11 is 0. The van der Waals surface area contributed by atoms with Gasteiger partial charge in [0.25, 0.3) is 0 Å². The maximum Gasteiger partial charge on any atom is 0.484 e. The first-order valence-electron chi connectivity index (χ1n) is 2.71. The second-order valence-electron chi connectivity index (χ2n) is 2.14. The fourth-order valence-corrected chi connectivity index (χ4v) is 0.284. The molecular weight excluding hydrogens is 159 g/mol. The van der Waals surface area contributed by atoms with Crippen LogP contribution in [0.15, 0.2) is 0 Å². The Bertz CT molecular complexity index is 130. The minimum Gasteiger partial charge on any atom is -0.275 e. The molecule has 0 radical (unpaired) electrons. The number of carbonyl (C=O) groups excluding carboxylic acids is 1. The second kappa shape index (κ2) is 4.20. The van der Waals surface area contributed by atoms with Gasteiger partial charge in [-0.05, 0) is 0 Å². The predicted octanol–water partition coefficient (Wildman–Crippen LogP) is 1.91. The van der Waals surface area contributed by atoms with Crippen molar-refractivity contribution in [1.82, 2.24) is 5.32 Å². The first-order chi connectivity index (χ1) is 4.33. The molecule has 5 heteroatoms. The Hall–Kier alpha value is -0.740. The van der Waals surface area contributed by atoms with E-state index in [1.54, 1.807) is 0 Å². The summed E-state index contributed by atoms with van der Waals surface area (Å²) in [7, 11) is 0. The van der Waals surface area contributed by atoms with E-state index in [2.05, 4.69) is 0 Å². The lowest BCUT2D eigenvalue weighted by molar-refractivity contribution is -0.171. The van der Waals surface area contributed by atoms with Crippen LogP contribution in [0.5, 0.6) is 0 Å². The SMILES string of the molecule is C.CC(C)C(=O)NC(F)(F)F. The van der Waals surface area contributed by atoms with Crippen LogP contribution in [-0.2, 0) is 4.79 Å². The Morgan fingerprint density at radius 1 is 1.36 bits per heavy atom. The van der Waals surface area contributed by atoms with E-state index >= 15 is 0 Å². The topological polar surface area (TPSA) is 29.1 Å². The molecule has 0 atom stereocenters. The van der Waals surface area contributed by atoms with Crippen LogP contribution in [0.3, 0.4) is 0 Å². The molecule has 11 heavy (non-hydrogen) atoms. The van der Waals surface area contributed by atoms with Crippen molar-refractivity contribution in [2.45, 2.75) is 27.6 Å². The number of carbonyl (C=O) groups is 1. The lowest BCUT2D eigenvalue weighted by atomic mass is 10.2. The normalized spacial score (nSPS) is 10.7. The van der Waals surface area contributed by atoms with Crippen LogP contribution < -0.4 is 5.32 Å². The van der Waals surface area contributed by atoms with E-state index in [1.165, 1.54) is 13.8 Å². The predicted molar refractivity (Wildman–Crippen MR) is 35.8 cm³/mol. The third kappa shape index (κ3) is 7.15. The summed E-state index contributed by atoms with van der Waals surface area (Å²) in [5.74, 6) is -1.64. The van der Waals surface area contributed by atoms with Crippen molar-refractivity contribution in [2.24, 2.45) is 5.92 Å². The monoisotopic (exact) mass is 171 g/mol. The first-order valence-corrected chi connectivity index (χ1v) is 2.71. The van der Waals surface area contributed by atoms with Crippen LogP contribution in [0.4, 0.5) is 13.2 Å². The van der Waals surface area contributed by atoms with Gasteiger partial charge in [-0.3, -0.25) is 10.1 Å². The highest BCUT2D eigenvalue weighted by molar-refractivity contribution is 5.78. The third-order valence-electron chi connectivity index (χ3n) is 0.789. The molecule has 0 aromatic rings. The fraction of sp³-hybridized carbons (Fsp3) is 0.833. The van der Waals surface area contributed by atoms with Gasteiger partial charge < -0.3 is 0 Å². The molecule has 0 aliphatic rings. The van der Waals surface area contributed by atoms with Crippen LogP contribution in [-0.4, -0.2) is 12.2 Å². The Morgan fingerprint density at radius 3 is 1.82 bits per heavy atom. The molecule has 0 aliphatic heterocycles. The van der Waals surface area contributed by atoms with Crippen molar-refractivity contribution < 1.29 is 18.0 Å². The maximum absolute atomic E-state index is 11.3. The van der Waals surface area contributed by atoms with Crippen molar-refractivity contribution >= 4 is 5.91 Å². The molecule has 0 aromatic heterocycles. The zero-order valence-electron chi connectivity index (χ0n) is 5.62. The lowest BCUT2D eigenvalue weighted by Gasteiger charge is -2.09. The van der Waals surface area contributed by atoms with Crippen LogP contribution >= 0.6 is 0 Å².